The van der Waals surface area contributed by atoms with Crippen molar-refractivity contribution in [3.63, 3.8) is 0 Å². The maximum atomic E-state index is 13.4. The van der Waals surface area contributed by atoms with Crippen LogP contribution >= 0.6 is 0 Å². The molecule has 0 radical (unpaired) electrons. The molecule has 1 atom stereocenters. The second-order valence-electron chi connectivity index (χ2n) is 8.94. The molecule has 1 aromatic carbocycles. The monoisotopic (exact) mass is 408 g/mol. The summed E-state index contributed by atoms with van der Waals surface area (Å²) in [5, 5.41) is 6.99. The normalized spacial score (nSPS) is 15.6. The fraction of sp³-hybridized carbons (Fsp3) is 0.455. The molecule has 3 heterocycles. The van der Waals surface area contributed by atoms with Crippen molar-refractivity contribution in [3.05, 3.63) is 53.4 Å². The predicted octanol–water partition coefficient (Wildman–Crippen LogP) is 3.20. The van der Waals surface area contributed by atoms with Gasteiger partial charge in [0.1, 0.15) is 11.9 Å². The fourth-order valence-corrected chi connectivity index (χ4v) is 3.76. The largest absolute Gasteiger partial charge is 0.338 e. The second-order valence-corrected chi connectivity index (χ2v) is 8.94. The van der Waals surface area contributed by atoms with Gasteiger partial charge in [-0.25, -0.2) is 4.98 Å². The van der Waals surface area contributed by atoms with Gasteiger partial charge in [0.2, 0.25) is 5.89 Å². The van der Waals surface area contributed by atoms with Gasteiger partial charge in [-0.3, -0.25) is 9.69 Å². The second kappa shape index (κ2) is 7.68. The molecule has 0 fully saturated rings. The van der Waals surface area contributed by atoms with E-state index < -0.39 is 6.04 Å². The van der Waals surface area contributed by atoms with Gasteiger partial charge in [0.25, 0.3) is 5.91 Å². The Kier molecular flexibility index (Phi) is 5.19. The van der Waals surface area contributed by atoms with Crippen LogP contribution in [0.5, 0.6) is 0 Å². The third-order valence-electron chi connectivity index (χ3n) is 5.38. The molecule has 0 saturated carbocycles. The molecule has 1 N–H and O–H groups in total. The van der Waals surface area contributed by atoms with E-state index in [4.69, 9.17) is 9.51 Å². The predicted molar refractivity (Wildman–Crippen MR) is 113 cm³/mol. The number of hydrogen-bond donors (Lipinski definition) is 1. The average molecular weight is 409 g/mol. The van der Waals surface area contributed by atoms with Gasteiger partial charge in [-0.15, -0.1) is 0 Å². The molecule has 8 nitrogen and oxygen atoms in total. The maximum absolute atomic E-state index is 13.4. The maximum Gasteiger partial charge on any atom is 0.272 e. The first-order chi connectivity index (χ1) is 14.2. The number of aromatic nitrogens is 4. The smallest absolute Gasteiger partial charge is 0.272 e. The van der Waals surface area contributed by atoms with E-state index in [0.29, 0.717) is 24.0 Å². The third-order valence-corrected chi connectivity index (χ3v) is 5.38. The van der Waals surface area contributed by atoms with Crippen molar-refractivity contribution in [2.24, 2.45) is 5.41 Å². The van der Waals surface area contributed by atoms with Gasteiger partial charge < -0.3 is 14.4 Å². The SMILES string of the molecule is Cc1noc([C@@H](NC(=O)c2nc(-c3ccccc3)n3c2CN(C)CC3)C(C)(C)C)n1. The van der Waals surface area contributed by atoms with Gasteiger partial charge in [0, 0.05) is 25.2 Å². The van der Waals surface area contributed by atoms with Gasteiger partial charge in [0.05, 0.1) is 5.69 Å². The minimum absolute atomic E-state index is 0.230. The Labute approximate surface area is 176 Å². The molecular formula is C22H28N6O2. The number of rotatable bonds is 4. The lowest BCUT2D eigenvalue weighted by Gasteiger charge is -2.29. The zero-order valence-corrected chi connectivity index (χ0v) is 18.1. The Balaban J connectivity index is 1.72. The first-order valence-electron chi connectivity index (χ1n) is 10.2. The third kappa shape index (κ3) is 3.87. The molecule has 0 unspecified atom stereocenters. The summed E-state index contributed by atoms with van der Waals surface area (Å²) in [4.78, 5) is 24.7. The number of fused-ring (bicyclic) bond motifs is 1. The fourth-order valence-electron chi connectivity index (χ4n) is 3.76. The van der Waals surface area contributed by atoms with Crippen LogP contribution in [0, 0.1) is 12.3 Å². The number of imidazole rings is 1. The van der Waals surface area contributed by atoms with E-state index in [9.17, 15) is 4.79 Å². The van der Waals surface area contributed by atoms with Crippen molar-refractivity contribution >= 4 is 5.91 Å². The Bertz CT molecular complexity index is 1050. The van der Waals surface area contributed by atoms with Crippen LogP contribution in [0.15, 0.2) is 34.9 Å². The van der Waals surface area contributed by atoms with Crippen molar-refractivity contribution in [1.29, 1.82) is 0 Å². The quantitative estimate of drug-likeness (QED) is 0.713. The summed E-state index contributed by atoms with van der Waals surface area (Å²) in [6.07, 6.45) is 0. The number of carbonyl (C=O) groups excluding carboxylic acids is 1. The molecule has 0 saturated heterocycles. The lowest BCUT2D eigenvalue weighted by atomic mass is 9.86. The standard InChI is InChI=1S/C22H28N6O2/c1-14-23-21(30-26-14)18(22(2,3)4)25-20(29)17-16-13-27(5)11-12-28(16)19(24-17)15-9-7-6-8-10-15/h6-10,18H,11-13H2,1-5H3,(H,25,29)/t18-/m1/s1. The lowest BCUT2D eigenvalue weighted by molar-refractivity contribution is 0.0873. The molecule has 8 heteroatoms. The highest BCUT2D eigenvalue weighted by Crippen LogP contribution is 2.33. The van der Waals surface area contributed by atoms with E-state index in [2.05, 4.69) is 32.0 Å². The van der Waals surface area contributed by atoms with Crippen molar-refractivity contribution in [3.8, 4) is 11.4 Å². The van der Waals surface area contributed by atoms with Crippen molar-refractivity contribution in [2.75, 3.05) is 13.6 Å². The molecule has 4 rings (SSSR count). The number of likely N-dealkylation sites (N-methyl/N-ethyl adjacent to an activating group) is 1. The van der Waals surface area contributed by atoms with Crippen molar-refractivity contribution in [1.82, 2.24) is 29.9 Å². The molecule has 1 amide bonds. The number of benzene rings is 1. The minimum atomic E-state index is -0.426. The number of aryl methyl sites for hydroxylation is 1. The molecule has 3 aromatic rings. The summed E-state index contributed by atoms with van der Waals surface area (Å²) < 4.78 is 7.54. The molecule has 30 heavy (non-hydrogen) atoms. The van der Waals surface area contributed by atoms with E-state index in [0.717, 1.165) is 30.2 Å². The van der Waals surface area contributed by atoms with E-state index in [-0.39, 0.29) is 11.3 Å². The highest BCUT2D eigenvalue weighted by atomic mass is 16.5. The lowest BCUT2D eigenvalue weighted by Crippen LogP contribution is -2.38. The molecule has 158 valence electrons. The molecule has 2 aromatic heterocycles. The Morgan fingerprint density at radius 2 is 1.90 bits per heavy atom. The van der Waals surface area contributed by atoms with Gasteiger partial charge in [0.15, 0.2) is 11.5 Å². The number of carbonyl (C=O) groups is 1. The van der Waals surface area contributed by atoms with Crippen LogP contribution in [-0.4, -0.2) is 44.1 Å². The van der Waals surface area contributed by atoms with E-state index in [1.807, 2.05) is 51.1 Å². The molecule has 0 bridgehead atoms. The van der Waals surface area contributed by atoms with Crippen molar-refractivity contribution < 1.29 is 9.32 Å². The Morgan fingerprint density at radius 3 is 2.53 bits per heavy atom. The van der Waals surface area contributed by atoms with Crippen LogP contribution in [0.2, 0.25) is 0 Å². The van der Waals surface area contributed by atoms with Crippen LogP contribution in [-0.2, 0) is 13.1 Å². The summed E-state index contributed by atoms with van der Waals surface area (Å²) in [6.45, 7) is 10.2. The van der Waals surface area contributed by atoms with E-state index in [1.165, 1.54) is 0 Å². The van der Waals surface area contributed by atoms with Gasteiger partial charge in [-0.2, -0.15) is 4.98 Å². The minimum Gasteiger partial charge on any atom is -0.338 e. The van der Waals surface area contributed by atoms with E-state index in [1.54, 1.807) is 6.92 Å². The first kappa shape index (κ1) is 20.3. The van der Waals surface area contributed by atoms with Crippen LogP contribution in [0.4, 0.5) is 0 Å². The summed E-state index contributed by atoms with van der Waals surface area (Å²) in [5.41, 5.74) is 2.07. The summed E-state index contributed by atoms with van der Waals surface area (Å²) in [6, 6.07) is 9.57. The zero-order valence-electron chi connectivity index (χ0n) is 18.1. The highest BCUT2D eigenvalue weighted by Gasteiger charge is 2.35. The number of nitrogens with one attached hydrogen (secondary N) is 1. The molecule has 1 aliphatic rings. The van der Waals surface area contributed by atoms with Gasteiger partial charge in [-0.05, 0) is 19.4 Å². The number of hydrogen-bond acceptors (Lipinski definition) is 6. The summed E-state index contributed by atoms with van der Waals surface area (Å²) >= 11 is 0. The Hall–Kier alpha value is -3.00. The summed E-state index contributed by atoms with van der Waals surface area (Å²) in [5.74, 6) is 1.54. The number of amides is 1. The van der Waals surface area contributed by atoms with E-state index >= 15 is 0 Å². The van der Waals surface area contributed by atoms with Crippen LogP contribution in [0.1, 0.15) is 54.7 Å². The first-order valence-corrected chi connectivity index (χ1v) is 10.2. The zero-order chi connectivity index (χ0) is 21.5. The molecular weight excluding hydrogens is 380 g/mol. The average Bonchev–Trinajstić information content (AvgIpc) is 3.29. The molecule has 0 aliphatic carbocycles. The van der Waals surface area contributed by atoms with Crippen LogP contribution in [0.3, 0.4) is 0 Å². The Morgan fingerprint density at radius 1 is 1.17 bits per heavy atom. The van der Waals surface area contributed by atoms with Gasteiger partial charge in [-0.1, -0.05) is 56.3 Å². The summed E-state index contributed by atoms with van der Waals surface area (Å²) in [7, 11) is 2.06. The van der Waals surface area contributed by atoms with Crippen LogP contribution < -0.4 is 5.32 Å². The topological polar surface area (TPSA) is 89.1 Å². The number of nitrogens with zero attached hydrogens (tertiary/aromatic N) is 5. The van der Waals surface area contributed by atoms with Gasteiger partial charge >= 0.3 is 0 Å². The highest BCUT2D eigenvalue weighted by molar-refractivity contribution is 5.94. The molecule has 0 spiro atoms. The van der Waals surface area contributed by atoms with Crippen molar-refractivity contribution in [2.45, 2.75) is 46.8 Å². The molecule has 1 aliphatic heterocycles. The van der Waals surface area contributed by atoms with Crippen LogP contribution in [0.25, 0.3) is 11.4 Å².